The minimum Gasteiger partial charge on any atom is -0.351 e. The molecule has 154 valence electrons. The Morgan fingerprint density at radius 2 is 1.89 bits per heavy atom. The van der Waals surface area contributed by atoms with Gasteiger partial charge in [-0.05, 0) is 59.4 Å². The number of nitrogens with one attached hydrogen (secondary N) is 5. The number of piperidine rings is 1. The quantitative estimate of drug-likeness (QED) is 0.362. The summed E-state index contributed by atoms with van der Waals surface area (Å²) in [6, 6.07) is 0. The average Bonchev–Trinajstić information content (AvgIpc) is 2.99. The molecule has 0 spiro atoms. The zero-order chi connectivity index (χ0) is 19.6. The van der Waals surface area contributed by atoms with Gasteiger partial charge in [0.05, 0.1) is 6.17 Å². The molecule has 2 saturated heterocycles. The molecule has 5 N–H and O–H groups in total. The highest BCUT2D eigenvalue weighted by Crippen LogP contribution is 2.29. The van der Waals surface area contributed by atoms with E-state index in [2.05, 4.69) is 26.8 Å². The van der Waals surface area contributed by atoms with Gasteiger partial charge < -0.3 is 10.6 Å². The molecule has 0 radical (unpaired) electrons. The van der Waals surface area contributed by atoms with Crippen molar-refractivity contribution in [2.75, 3.05) is 6.54 Å². The molecule has 3 fully saturated rings. The van der Waals surface area contributed by atoms with Gasteiger partial charge in [-0.1, -0.05) is 0 Å². The minimum atomic E-state index is -1.57. The van der Waals surface area contributed by atoms with E-state index < -0.39 is 18.3 Å². The Morgan fingerprint density at radius 3 is 2.59 bits per heavy atom. The Labute approximate surface area is 159 Å². The highest BCUT2D eigenvalue weighted by Gasteiger charge is 2.38. The Balaban J connectivity index is 1.68. The van der Waals surface area contributed by atoms with Gasteiger partial charge in [0, 0.05) is 17.4 Å². The molecule has 0 aromatic rings. The fourth-order valence-electron chi connectivity index (χ4n) is 3.95. The van der Waals surface area contributed by atoms with Crippen molar-refractivity contribution in [3.63, 3.8) is 0 Å². The Hall–Kier alpha value is -1.32. The lowest BCUT2D eigenvalue weighted by Gasteiger charge is -2.30. The van der Waals surface area contributed by atoms with Gasteiger partial charge >= 0.3 is 0 Å². The number of hydrazine groups is 1. The van der Waals surface area contributed by atoms with Crippen molar-refractivity contribution in [2.45, 2.75) is 83.1 Å². The Morgan fingerprint density at radius 1 is 1.11 bits per heavy atom. The van der Waals surface area contributed by atoms with Gasteiger partial charge in [-0.25, -0.2) is 24.6 Å². The molecule has 3 rings (SSSR count). The van der Waals surface area contributed by atoms with Gasteiger partial charge in [-0.15, -0.1) is 0 Å². The molecule has 1 saturated carbocycles. The predicted octanol–water partition coefficient (Wildman–Crippen LogP) is 1.08. The second-order valence-electron chi connectivity index (χ2n) is 8.86. The largest absolute Gasteiger partial charge is 0.351 e. The highest BCUT2D eigenvalue weighted by molar-refractivity contribution is 5.98. The monoisotopic (exact) mass is 386 g/mol. The maximum atomic E-state index is 13.7. The van der Waals surface area contributed by atoms with E-state index in [1.165, 1.54) is 0 Å². The number of nitrogens with zero attached hydrogens (tertiary/aromatic N) is 1. The Kier molecular flexibility index (Phi) is 6.32. The second kappa shape index (κ2) is 8.36. The summed E-state index contributed by atoms with van der Waals surface area (Å²) >= 11 is 0. The van der Waals surface area contributed by atoms with Crippen LogP contribution in [0, 0.1) is 11.8 Å². The maximum absolute atomic E-state index is 13.7. The number of amides is 1. The van der Waals surface area contributed by atoms with Gasteiger partial charge in [0.1, 0.15) is 18.5 Å². The van der Waals surface area contributed by atoms with Crippen molar-refractivity contribution in [1.82, 2.24) is 26.8 Å². The molecule has 2 aliphatic heterocycles. The third-order valence-electron chi connectivity index (χ3n) is 5.37. The van der Waals surface area contributed by atoms with E-state index >= 15 is 0 Å². The van der Waals surface area contributed by atoms with Crippen LogP contribution in [0.25, 0.3) is 0 Å². The Bertz CT molecular complexity index is 567. The standard InChI is InChI=1S/C18H32F2N6O/c1-18(2,3)24-17(22-15-11-5-4-8-21-14(11)25-26-15)23-16(27)10-6-7-12(19)13(20)9-10/h10-15,21,25-26H,4-9H2,1-3H3,(H2,22,23,24,27). The topological polar surface area (TPSA) is 89.6 Å². The molecule has 6 atom stereocenters. The first-order chi connectivity index (χ1) is 12.7. The molecule has 0 aromatic carbocycles. The molecule has 1 amide bonds. The second-order valence-corrected chi connectivity index (χ2v) is 8.86. The van der Waals surface area contributed by atoms with Crippen LogP contribution in [0.3, 0.4) is 0 Å². The van der Waals surface area contributed by atoms with Crippen molar-refractivity contribution in [2.24, 2.45) is 16.8 Å². The molecular weight excluding hydrogens is 354 g/mol. The van der Waals surface area contributed by atoms with Crippen LogP contribution in [-0.2, 0) is 4.79 Å². The van der Waals surface area contributed by atoms with Crippen molar-refractivity contribution < 1.29 is 13.6 Å². The fraction of sp³-hybridized carbons (Fsp3) is 0.889. The molecule has 0 bridgehead atoms. The number of carbonyl (C=O) groups excluding carboxylic acids is 1. The summed E-state index contributed by atoms with van der Waals surface area (Å²) < 4.78 is 27.0. The number of alkyl halides is 2. The predicted molar refractivity (Wildman–Crippen MR) is 100 cm³/mol. The van der Waals surface area contributed by atoms with Crippen LogP contribution < -0.4 is 26.8 Å². The number of rotatable bonds is 2. The molecule has 2 heterocycles. The summed E-state index contributed by atoms with van der Waals surface area (Å²) in [5, 5.41) is 9.46. The number of guanidine groups is 1. The first kappa shape index (κ1) is 20.4. The van der Waals surface area contributed by atoms with E-state index in [9.17, 15) is 13.6 Å². The van der Waals surface area contributed by atoms with Crippen LogP contribution in [0.4, 0.5) is 8.78 Å². The third-order valence-corrected chi connectivity index (χ3v) is 5.37. The normalized spacial score (nSPS) is 37.6. The summed E-state index contributed by atoms with van der Waals surface area (Å²) in [6.07, 6.45) is -0.569. The SMILES string of the molecule is CC(C)(C)N/C(=N\C1NNC2NCCCC12)NC(=O)C1CCC(F)C(F)C1. The molecule has 27 heavy (non-hydrogen) atoms. The van der Waals surface area contributed by atoms with Gasteiger partial charge in [0.2, 0.25) is 5.91 Å². The first-order valence-electron chi connectivity index (χ1n) is 9.92. The zero-order valence-corrected chi connectivity index (χ0v) is 16.3. The lowest BCUT2D eigenvalue weighted by atomic mass is 9.86. The zero-order valence-electron chi connectivity index (χ0n) is 16.3. The average molecular weight is 386 g/mol. The maximum Gasteiger partial charge on any atom is 0.229 e. The van der Waals surface area contributed by atoms with E-state index in [0.717, 1.165) is 19.4 Å². The number of fused-ring (bicyclic) bond motifs is 1. The molecule has 9 heteroatoms. The molecule has 7 nitrogen and oxygen atoms in total. The molecular formula is C18H32F2N6O. The van der Waals surface area contributed by atoms with Crippen molar-refractivity contribution in [1.29, 1.82) is 0 Å². The molecule has 1 aliphatic carbocycles. The van der Waals surface area contributed by atoms with Gasteiger partial charge in [-0.2, -0.15) is 0 Å². The number of halogens is 2. The lowest BCUT2D eigenvalue weighted by Crippen LogP contribution is -2.52. The van der Waals surface area contributed by atoms with Crippen LogP contribution in [-0.4, -0.2) is 48.6 Å². The van der Waals surface area contributed by atoms with E-state index in [1.807, 2.05) is 20.8 Å². The van der Waals surface area contributed by atoms with E-state index in [0.29, 0.717) is 12.4 Å². The van der Waals surface area contributed by atoms with Crippen molar-refractivity contribution in [3.8, 4) is 0 Å². The summed E-state index contributed by atoms with van der Waals surface area (Å²) in [6.45, 7) is 6.90. The van der Waals surface area contributed by atoms with Gasteiger partial charge in [-0.3, -0.25) is 10.1 Å². The summed E-state index contributed by atoms with van der Waals surface area (Å²) in [5.74, 6) is -0.178. The number of carbonyl (C=O) groups is 1. The minimum absolute atomic E-state index is 0.0757. The molecule has 6 unspecified atom stereocenters. The van der Waals surface area contributed by atoms with Crippen molar-refractivity contribution >= 4 is 11.9 Å². The number of hydrogen-bond donors (Lipinski definition) is 5. The number of aliphatic imine (C=N–C) groups is 1. The third kappa shape index (κ3) is 5.36. The van der Waals surface area contributed by atoms with E-state index in [1.54, 1.807) is 0 Å². The summed E-state index contributed by atoms with van der Waals surface area (Å²) in [5.41, 5.74) is 6.08. The molecule has 3 aliphatic rings. The lowest BCUT2D eigenvalue weighted by molar-refractivity contribution is -0.125. The molecule has 0 aromatic heterocycles. The van der Waals surface area contributed by atoms with Gasteiger partial charge in [0.25, 0.3) is 0 Å². The van der Waals surface area contributed by atoms with Crippen LogP contribution in [0.1, 0.15) is 52.9 Å². The van der Waals surface area contributed by atoms with E-state index in [-0.39, 0.29) is 42.5 Å². The highest BCUT2D eigenvalue weighted by atomic mass is 19.2. The summed E-state index contributed by atoms with van der Waals surface area (Å²) in [7, 11) is 0. The van der Waals surface area contributed by atoms with Crippen LogP contribution in [0.5, 0.6) is 0 Å². The first-order valence-corrected chi connectivity index (χ1v) is 9.92. The smallest absolute Gasteiger partial charge is 0.229 e. The van der Waals surface area contributed by atoms with Crippen LogP contribution in [0.15, 0.2) is 4.99 Å². The fourth-order valence-corrected chi connectivity index (χ4v) is 3.95. The number of hydrogen-bond acceptors (Lipinski definition) is 5. The van der Waals surface area contributed by atoms with Gasteiger partial charge in [0.15, 0.2) is 5.96 Å². The van der Waals surface area contributed by atoms with Crippen LogP contribution in [0.2, 0.25) is 0 Å². The van der Waals surface area contributed by atoms with Crippen LogP contribution >= 0.6 is 0 Å². The van der Waals surface area contributed by atoms with E-state index in [4.69, 9.17) is 4.99 Å². The summed E-state index contributed by atoms with van der Waals surface area (Å²) in [4.78, 5) is 17.3. The van der Waals surface area contributed by atoms with Crippen molar-refractivity contribution in [3.05, 3.63) is 0 Å².